The van der Waals surface area contributed by atoms with E-state index in [1.807, 2.05) is 18.2 Å². The monoisotopic (exact) mass is 350 g/mol. The van der Waals surface area contributed by atoms with Crippen LogP contribution >= 0.6 is 0 Å². The average molecular weight is 350 g/mol. The third-order valence-electron chi connectivity index (χ3n) is 5.12. The minimum atomic E-state index is -0.193. The summed E-state index contributed by atoms with van der Waals surface area (Å²) < 4.78 is 5.42. The van der Waals surface area contributed by atoms with Gasteiger partial charge in [0.15, 0.2) is 0 Å². The Bertz CT molecular complexity index is 780. The number of fused-ring (bicyclic) bond motifs is 1. The summed E-state index contributed by atoms with van der Waals surface area (Å²) in [6, 6.07) is 17.3. The summed E-state index contributed by atoms with van der Waals surface area (Å²) in [7, 11) is 0. The zero-order chi connectivity index (χ0) is 18.0. The van der Waals surface area contributed by atoms with E-state index >= 15 is 0 Å². The van der Waals surface area contributed by atoms with Gasteiger partial charge in [-0.25, -0.2) is 0 Å². The van der Waals surface area contributed by atoms with E-state index in [9.17, 15) is 9.59 Å². The summed E-state index contributed by atoms with van der Waals surface area (Å²) in [5.74, 6) is -0.387. The second kappa shape index (κ2) is 7.02. The van der Waals surface area contributed by atoms with Gasteiger partial charge in [0.05, 0.1) is 24.3 Å². The van der Waals surface area contributed by atoms with Crippen LogP contribution in [0.2, 0.25) is 0 Å². The zero-order valence-electron chi connectivity index (χ0n) is 14.6. The van der Waals surface area contributed by atoms with Crippen molar-refractivity contribution in [3.05, 3.63) is 71.3 Å². The number of hydrogen-bond donors (Lipinski definition) is 1. The molecule has 5 heteroatoms. The van der Waals surface area contributed by atoms with Crippen LogP contribution < -0.4 is 5.32 Å². The van der Waals surface area contributed by atoms with Crippen molar-refractivity contribution in [2.75, 3.05) is 32.8 Å². The van der Waals surface area contributed by atoms with Gasteiger partial charge in [0.25, 0.3) is 11.8 Å². The maximum Gasteiger partial charge on any atom is 0.261 e. The van der Waals surface area contributed by atoms with Gasteiger partial charge < -0.3 is 10.1 Å². The second-order valence-corrected chi connectivity index (χ2v) is 7.15. The molecule has 2 heterocycles. The summed E-state index contributed by atoms with van der Waals surface area (Å²) in [6.45, 7) is 3.12. The Kier molecular flexibility index (Phi) is 4.57. The van der Waals surface area contributed by atoms with Gasteiger partial charge in [-0.3, -0.25) is 14.5 Å². The molecule has 26 heavy (non-hydrogen) atoms. The lowest BCUT2D eigenvalue weighted by Crippen LogP contribution is -2.57. The topological polar surface area (TPSA) is 58.6 Å². The quantitative estimate of drug-likeness (QED) is 0.614. The van der Waals surface area contributed by atoms with Crippen LogP contribution in [0.3, 0.4) is 0 Å². The van der Waals surface area contributed by atoms with Crippen molar-refractivity contribution in [1.82, 2.24) is 10.2 Å². The molecule has 0 unspecified atom stereocenters. The van der Waals surface area contributed by atoms with Crippen molar-refractivity contribution < 1.29 is 14.3 Å². The van der Waals surface area contributed by atoms with E-state index in [0.29, 0.717) is 30.9 Å². The molecule has 1 N–H and O–H groups in total. The first kappa shape index (κ1) is 16.9. The summed E-state index contributed by atoms with van der Waals surface area (Å²) in [5.41, 5.74) is 2.11. The predicted octanol–water partition coefficient (Wildman–Crippen LogP) is 2.13. The number of carbonyl (C=O) groups is 2. The molecule has 0 bridgehead atoms. The average Bonchev–Trinajstić information content (AvgIpc) is 2.88. The van der Waals surface area contributed by atoms with Gasteiger partial charge >= 0.3 is 0 Å². The number of ether oxygens (including phenoxy) is 1. The minimum absolute atomic E-state index is 0.190. The van der Waals surface area contributed by atoms with Crippen molar-refractivity contribution in [2.45, 2.75) is 6.42 Å². The molecule has 4 rings (SSSR count). The summed E-state index contributed by atoms with van der Waals surface area (Å²) in [4.78, 5) is 26.5. The van der Waals surface area contributed by atoms with Gasteiger partial charge in [0, 0.05) is 18.5 Å². The number of benzene rings is 2. The molecule has 5 nitrogen and oxygen atoms in total. The van der Waals surface area contributed by atoms with E-state index in [0.717, 1.165) is 19.5 Å². The molecular formula is C21H22N2O3. The Morgan fingerprint density at radius 1 is 0.923 bits per heavy atom. The Hall–Kier alpha value is -2.50. The highest BCUT2D eigenvalue weighted by Crippen LogP contribution is 2.32. The molecule has 0 atom stereocenters. The van der Waals surface area contributed by atoms with Crippen LogP contribution in [0.25, 0.3) is 0 Å². The highest BCUT2D eigenvalue weighted by Gasteiger charge is 2.45. The van der Waals surface area contributed by atoms with Gasteiger partial charge in [-0.2, -0.15) is 0 Å². The van der Waals surface area contributed by atoms with Gasteiger partial charge in [-0.1, -0.05) is 42.5 Å². The third-order valence-corrected chi connectivity index (χ3v) is 5.12. The van der Waals surface area contributed by atoms with Crippen molar-refractivity contribution in [3.63, 3.8) is 0 Å². The Labute approximate surface area is 153 Å². The standard InChI is InChI=1S/C21H22N2O3/c24-19-17-8-4-5-9-18(17)20(25)23(19)13-21(14-26-15-21)12-22-11-10-16-6-2-1-3-7-16/h1-9,22H,10-15H2. The lowest BCUT2D eigenvalue weighted by molar-refractivity contribution is -0.116. The number of hydrogen-bond acceptors (Lipinski definition) is 4. The fourth-order valence-electron chi connectivity index (χ4n) is 3.59. The first-order chi connectivity index (χ1) is 12.7. The number of imide groups is 1. The lowest BCUT2D eigenvalue weighted by atomic mass is 9.85. The number of nitrogens with zero attached hydrogens (tertiary/aromatic N) is 1. The van der Waals surface area contributed by atoms with Crippen molar-refractivity contribution in [2.24, 2.45) is 5.41 Å². The first-order valence-electron chi connectivity index (χ1n) is 8.96. The fraction of sp³-hybridized carbons (Fsp3) is 0.333. The Balaban J connectivity index is 1.36. The van der Waals surface area contributed by atoms with Gasteiger partial charge in [0.1, 0.15) is 0 Å². The molecule has 2 aliphatic heterocycles. The van der Waals surface area contributed by atoms with Crippen LogP contribution in [0.4, 0.5) is 0 Å². The summed E-state index contributed by atoms with van der Waals surface area (Å²) in [6.07, 6.45) is 0.949. The molecule has 0 radical (unpaired) electrons. The SMILES string of the molecule is O=C1c2ccccc2C(=O)N1CC1(CNCCc2ccccc2)COC1. The maximum absolute atomic E-state index is 12.6. The highest BCUT2D eigenvalue weighted by molar-refractivity contribution is 6.21. The van der Waals surface area contributed by atoms with Crippen molar-refractivity contribution >= 4 is 11.8 Å². The van der Waals surface area contributed by atoms with E-state index in [1.165, 1.54) is 10.5 Å². The Morgan fingerprint density at radius 2 is 1.54 bits per heavy atom. The van der Waals surface area contributed by atoms with E-state index in [-0.39, 0.29) is 17.2 Å². The summed E-state index contributed by atoms with van der Waals surface area (Å²) >= 11 is 0. The van der Waals surface area contributed by atoms with E-state index in [4.69, 9.17) is 4.74 Å². The molecular weight excluding hydrogens is 328 g/mol. The fourth-order valence-corrected chi connectivity index (χ4v) is 3.59. The molecule has 2 amide bonds. The first-order valence-corrected chi connectivity index (χ1v) is 8.96. The van der Waals surface area contributed by atoms with E-state index in [2.05, 4.69) is 17.4 Å². The molecule has 0 aromatic heterocycles. The molecule has 2 aliphatic rings. The van der Waals surface area contributed by atoms with Crippen LogP contribution in [0.1, 0.15) is 26.3 Å². The molecule has 2 aromatic carbocycles. The van der Waals surface area contributed by atoms with Gasteiger partial charge in [-0.15, -0.1) is 0 Å². The lowest BCUT2D eigenvalue weighted by Gasteiger charge is -2.43. The smallest absolute Gasteiger partial charge is 0.261 e. The van der Waals surface area contributed by atoms with Crippen molar-refractivity contribution in [3.8, 4) is 0 Å². The number of rotatable bonds is 7. The number of amides is 2. The van der Waals surface area contributed by atoms with E-state index < -0.39 is 0 Å². The predicted molar refractivity (Wildman–Crippen MR) is 98.1 cm³/mol. The summed E-state index contributed by atoms with van der Waals surface area (Å²) in [5, 5.41) is 3.47. The van der Waals surface area contributed by atoms with Crippen molar-refractivity contribution in [1.29, 1.82) is 0 Å². The molecule has 0 saturated carbocycles. The van der Waals surface area contributed by atoms with Gasteiger partial charge in [0.2, 0.25) is 0 Å². The molecule has 134 valence electrons. The van der Waals surface area contributed by atoms with E-state index in [1.54, 1.807) is 24.3 Å². The third kappa shape index (κ3) is 3.16. The molecule has 1 saturated heterocycles. The number of nitrogens with one attached hydrogen (secondary N) is 1. The number of carbonyl (C=O) groups excluding carboxylic acids is 2. The zero-order valence-corrected chi connectivity index (χ0v) is 14.6. The van der Waals surface area contributed by atoms with Crippen LogP contribution in [0.15, 0.2) is 54.6 Å². The van der Waals surface area contributed by atoms with Crippen LogP contribution in [-0.4, -0.2) is 49.6 Å². The second-order valence-electron chi connectivity index (χ2n) is 7.15. The highest BCUT2D eigenvalue weighted by atomic mass is 16.5. The largest absolute Gasteiger partial charge is 0.380 e. The van der Waals surface area contributed by atoms with Crippen LogP contribution in [-0.2, 0) is 11.2 Å². The van der Waals surface area contributed by atoms with Crippen LogP contribution in [0, 0.1) is 5.41 Å². The molecule has 1 fully saturated rings. The maximum atomic E-state index is 12.6. The minimum Gasteiger partial charge on any atom is -0.380 e. The molecule has 0 aliphatic carbocycles. The normalized spacial score (nSPS) is 17.9. The Morgan fingerprint density at radius 3 is 2.12 bits per heavy atom. The van der Waals surface area contributed by atoms with Gasteiger partial charge in [-0.05, 0) is 30.7 Å². The van der Waals surface area contributed by atoms with Crippen LogP contribution in [0.5, 0.6) is 0 Å². The molecule has 0 spiro atoms. The molecule has 2 aromatic rings.